The molecule has 2 aromatic carbocycles. The van der Waals surface area contributed by atoms with E-state index < -0.39 is 23.5 Å². The van der Waals surface area contributed by atoms with E-state index in [1.807, 2.05) is 10.6 Å². The molecular formula is C24H22F3NO3. The number of carbonyl (C=O) groups excluding carboxylic acids is 1. The quantitative estimate of drug-likeness (QED) is 0.389. The molecule has 0 unspecified atom stereocenters. The van der Waals surface area contributed by atoms with Crippen molar-refractivity contribution in [2.24, 2.45) is 5.92 Å². The Morgan fingerprint density at radius 3 is 2.23 bits per heavy atom. The molecule has 0 bridgehead atoms. The van der Waals surface area contributed by atoms with Crippen molar-refractivity contribution in [3.05, 3.63) is 59.8 Å². The molecule has 162 valence electrons. The van der Waals surface area contributed by atoms with Crippen LogP contribution in [0.2, 0.25) is 0 Å². The monoisotopic (exact) mass is 429 g/mol. The van der Waals surface area contributed by atoms with Gasteiger partial charge in [-0.15, -0.1) is 0 Å². The average molecular weight is 429 g/mol. The van der Waals surface area contributed by atoms with E-state index in [9.17, 15) is 27.9 Å². The minimum Gasteiger partial charge on any atom is -0.475 e. The Kier molecular flexibility index (Phi) is 5.60. The fourth-order valence-electron chi connectivity index (χ4n) is 4.42. The van der Waals surface area contributed by atoms with Gasteiger partial charge >= 0.3 is 12.1 Å². The topological polar surface area (TPSA) is 59.3 Å². The smallest absolute Gasteiger partial charge is 0.416 e. The van der Waals surface area contributed by atoms with E-state index in [0.29, 0.717) is 29.0 Å². The number of hydrogen-bond acceptors (Lipinski definition) is 2. The third-order valence-electron chi connectivity index (χ3n) is 6.05. The van der Waals surface area contributed by atoms with Crippen molar-refractivity contribution >= 4 is 22.7 Å². The van der Waals surface area contributed by atoms with E-state index in [2.05, 4.69) is 0 Å². The first-order chi connectivity index (χ1) is 14.7. The number of aromatic nitrogens is 1. The van der Waals surface area contributed by atoms with Gasteiger partial charge in [-0.3, -0.25) is 4.79 Å². The number of Topliss-reactive ketones (excluding diaryl/α,β-unsaturated/α-hetero) is 1. The van der Waals surface area contributed by atoms with Gasteiger partial charge in [0.15, 0.2) is 0 Å². The summed E-state index contributed by atoms with van der Waals surface area (Å²) in [4.78, 5) is 23.7. The maximum Gasteiger partial charge on any atom is 0.416 e. The Hall–Kier alpha value is -3.09. The van der Waals surface area contributed by atoms with Crippen molar-refractivity contribution < 1.29 is 27.9 Å². The summed E-state index contributed by atoms with van der Waals surface area (Å²) in [5.41, 5.74) is 1.30. The molecule has 1 N–H and O–H groups in total. The number of hydrogen-bond donors (Lipinski definition) is 1. The molecule has 0 atom stereocenters. The van der Waals surface area contributed by atoms with Crippen molar-refractivity contribution in [3.63, 3.8) is 0 Å². The summed E-state index contributed by atoms with van der Waals surface area (Å²) in [5, 5.41) is 9.75. The summed E-state index contributed by atoms with van der Waals surface area (Å²) in [6.45, 7) is 0.711. The standard InChI is InChI=1S/C24H22F3NO3/c25-24(26,27)18-9-6-16(7-10-18)17-8-11-21-19(12-17)20(22(29)23(30)31)14-28(21)13-15-4-2-1-3-5-15/h6-12,14-15H,1-5,13H2,(H,30,31). The van der Waals surface area contributed by atoms with Gasteiger partial charge in [-0.05, 0) is 54.2 Å². The normalized spacial score (nSPS) is 15.3. The number of fused-ring (bicyclic) bond motifs is 1. The molecule has 1 heterocycles. The minimum absolute atomic E-state index is 0.104. The van der Waals surface area contributed by atoms with Crippen LogP contribution in [0.4, 0.5) is 13.2 Å². The number of carbonyl (C=O) groups is 2. The predicted octanol–water partition coefficient (Wildman–Crippen LogP) is 6.17. The highest BCUT2D eigenvalue weighted by molar-refractivity contribution is 6.42. The molecule has 0 aliphatic heterocycles. The second-order valence-electron chi connectivity index (χ2n) is 8.14. The number of benzene rings is 2. The summed E-state index contributed by atoms with van der Waals surface area (Å²) >= 11 is 0. The maximum absolute atomic E-state index is 12.8. The van der Waals surface area contributed by atoms with Gasteiger partial charge in [0.2, 0.25) is 0 Å². The van der Waals surface area contributed by atoms with Crippen LogP contribution in [0.25, 0.3) is 22.0 Å². The summed E-state index contributed by atoms with van der Waals surface area (Å²) in [7, 11) is 0. The average Bonchev–Trinajstić information content (AvgIpc) is 3.11. The minimum atomic E-state index is -4.42. The van der Waals surface area contributed by atoms with Gasteiger partial charge in [0.1, 0.15) is 0 Å². The molecular weight excluding hydrogens is 407 g/mol. The Balaban J connectivity index is 1.75. The molecule has 0 saturated heterocycles. The number of nitrogens with zero attached hydrogens (tertiary/aromatic N) is 1. The third kappa shape index (κ3) is 4.36. The van der Waals surface area contributed by atoms with Gasteiger partial charge in [0, 0.05) is 23.6 Å². The van der Waals surface area contributed by atoms with Crippen LogP contribution in [0.15, 0.2) is 48.7 Å². The Morgan fingerprint density at radius 2 is 1.61 bits per heavy atom. The molecule has 4 nitrogen and oxygen atoms in total. The number of alkyl halides is 3. The van der Waals surface area contributed by atoms with E-state index >= 15 is 0 Å². The van der Waals surface area contributed by atoms with Gasteiger partial charge < -0.3 is 9.67 Å². The lowest BCUT2D eigenvalue weighted by molar-refractivity contribution is -0.137. The van der Waals surface area contributed by atoms with Gasteiger partial charge in [0.05, 0.1) is 11.1 Å². The van der Waals surface area contributed by atoms with E-state index in [0.717, 1.165) is 30.5 Å². The number of carboxylic acids is 1. The zero-order chi connectivity index (χ0) is 22.2. The summed E-state index contributed by atoms with van der Waals surface area (Å²) in [6.07, 6.45) is 2.96. The molecule has 3 aromatic rings. The van der Waals surface area contributed by atoms with Gasteiger partial charge in [0.25, 0.3) is 5.78 Å². The summed E-state index contributed by atoms with van der Waals surface area (Å²) in [6, 6.07) is 10.1. The first-order valence-corrected chi connectivity index (χ1v) is 10.3. The molecule has 1 fully saturated rings. The summed E-state index contributed by atoms with van der Waals surface area (Å²) < 4.78 is 40.5. The first kappa shape index (κ1) is 21.2. The molecule has 0 amide bonds. The highest BCUT2D eigenvalue weighted by atomic mass is 19.4. The van der Waals surface area contributed by atoms with Gasteiger partial charge in [-0.1, -0.05) is 37.5 Å². The number of halogens is 3. The maximum atomic E-state index is 12.8. The summed E-state index contributed by atoms with van der Waals surface area (Å²) in [5.74, 6) is -2.04. The Labute approximate surface area is 177 Å². The second kappa shape index (κ2) is 8.21. The number of carboxylic acid groups (broad SMARTS) is 1. The van der Waals surface area contributed by atoms with Gasteiger partial charge in [-0.25, -0.2) is 4.79 Å². The zero-order valence-corrected chi connectivity index (χ0v) is 16.8. The van der Waals surface area contributed by atoms with Crippen LogP contribution in [0.5, 0.6) is 0 Å². The lowest BCUT2D eigenvalue weighted by atomic mass is 9.89. The van der Waals surface area contributed by atoms with Crippen LogP contribution >= 0.6 is 0 Å². The highest BCUT2D eigenvalue weighted by Gasteiger charge is 2.30. The molecule has 0 spiro atoms. The Morgan fingerprint density at radius 1 is 0.968 bits per heavy atom. The van der Waals surface area contributed by atoms with Crippen LogP contribution in [-0.4, -0.2) is 21.4 Å². The fourth-order valence-corrected chi connectivity index (χ4v) is 4.42. The molecule has 31 heavy (non-hydrogen) atoms. The van der Waals surface area contributed by atoms with E-state index in [-0.39, 0.29) is 5.56 Å². The van der Waals surface area contributed by atoms with E-state index in [4.69, 9.17) is 0 Å². The lowest BCUT2D eigenvalue weighted by Gasteiger charge is -2.22. The van der Waals surface area contributed by atoms with Crippen LogP contribution in [0.1, 0.15) is 48.0 Å². The van der Waals surface area contributed by atoms with Crippen molar-refractivity contribution in [2.45, 2.75) is 44.8 Å². The SMILES string of the molecule is O=C(O)C(=O)c1cn(CC2CCCCC2)c2ccc(-c3ccc(C(F)(F)F)cc3)cc12. The van der Waals surface area contributed by atoms with Crippen molar-refractivity contribution in [3.8, 4) is 11.1 Å². The molecule has 7 heteroatoms. The van der Waals surface area contributed by atoms with E-state index in [1.165, 1.54) is 31.4 Å². The molecule has 1 saturated carbocycles. The third-order valence-corrected chi connectivity index (χ3v) is 6.05. The first-order valence-electron chi connectivity index (χ1n) is 10.3. The fraction of sp³-hybridized carbons (Fsp3) is 0.333. The zero-order valence-electron chi connectivity index (χ0n) is 16.8. The number of ketones is 1. The van der Waals surface area contributed by atoms with Crippen molar-refractivity contribution in [2.75, 3.05) is 0 Å². The molecule has 1 aromatic heterocycles. The molecule has 0 radical (unpaired) electrons. The van der Waals surface area contributed by atoms with Crippen LogP contribution in [0.3, 0.4) is 0 Å². The van der Waals surface area contributed by atoms with Crippen molar-refractivity contribution in [1.29, 1.82) is 0 Å². The van der Waals surface area contributed by atoms with E-state index in [1.54, 1.807) is 18.3 Å². The number of aliphatic carboxylic acids is 1. The molecule has 1 aliphatic rings. The highest BCUT2D eigenvalue weighted by Crippen LogP contribution is 2.34. The van der Waals surface area contributed by atoms with Crippen molar-refractivity contribution in [1.82, 2.24) is 4.57 Å². The van der Waals surface area contributed by atoms with Crippen LogP contribution in [-0.2, 0) is 17.5 Å². The molecule has 4 rings (SSSR count). The van der Waals surface area contributed by atoms with Gasteiger partial charge in [-0.2, -0.15) is 13.2 Å². The lowest BCUT2D eigenvalue weighted by Crippen LogP contribution is -2.14. The predicted molar refractivity (Wildman–Crippen MR) is 111 cm³/mol. The largest absolute Gasteiger partial charge is 0.475 e. The second-order valence-corrected chi connectivity index (χ2v) is 8.14. The number of rotatable bonds is 5. The van der Waals surface area contributed by atoms with Crippen LogP contribution in [0, 0.1) is 5.92 Å². The molecule has 1 aliphatic carbocycles. The van der Waals surface area contributed by atoms with Crippen LogP contribution < -0.4 is 0 Å². The Bertz CT molecular complexity index is 1120.